The van der Waals surface area contributed by atoms with Crippen LogP contribution in [0.2, 0.25) is 5.15 Å². The molecule has 4 rings (SSSR count). The van der Waals surface area contributed by atoms with Crippen LogP contribution in [0.15, 0.2) is 17.5 Å². The Morgan fingerprint density at radius 3 is 3.11 bits per heavy atom. The zero-order chi connectivity index (χ0) is 18.8. The molecule has 1 N–H and O–H groups in total. The summed E-state index contributed by atoms with van der Waals surface area (Å²) in [4.78, 5) is 31.5. The Kier molecular flexibility index (Phi) is 5.27. The largest absolute Gasteiger partial charge is 0.469 e. The molecular weight excluding hydrogens is 386 g/mol. The first-order chi connectivity index (χ1) is 13.1. The highest BCUT2D eigenvalue weighted by Gasteiger charge is 2.24. The van der Waals surface area contributed by atoms with Crippen LogP contribution in [-0.2, 0) is 9.53 Å². The third kappa shape index (κ3) is 3.91. The van der Waals surface area contributed by atoms with Gasteiger partial charge in [-0.2, -0.15) is 4.98 Å². The molecule has 7 nitrogen and oxygen atoms in total. The lowest BCUT2D eigenvalue weighted by Crippen LogP contribution is -2.36. The minimum Gasteiger partial charge on any atom is -0.469 e. The van der Waals surface area contributed by atoms with Crippen LogP contribution < -0.4 is 4.90 Å². The number of imidazole rings is 1. The molecule has 0 aromatic carbocycles. The van der Waals surface area contributed by atoms with Crippen molar-refractivity contribution in [1.82, 2.24) is 19.9 Å². The minimum absolute atomic E-state index is 0.154. The van der Waals surface area contributed by atoms with Crippen LogP contribution in [0.5, 0.6) is 0 Å². The number of fused-ring (bicyclic) bond motifs is 1. The van der Waals surface area contributed by atoms with E-state index in [1.54, 1.807) is 11.3 Å². The molecule has 0 aliphatic carbocycles. The Bertz CT molecular complexity index is 943. The molecule has 0 spiro atoms. The number of halogens is 1. The number of methoxy groups -OCH3 is 1. The van der Waals surface area contributed by atoms with E-state index in [1.807, 2.05) is 17.5 Å². The summed E-state index contributed by atoms with van der Waals surface area (Å²) in [5, 5.41) is 2.36. The van der Waals surface area contributed by atoms with Crippen molar-refractivity contribution in [2.45, 2.75) is 25.7 Å². The van der Waals surface area contributed by atoms with Crippen molar-refractivity contribution in [3.63, 3.8) is 0 Å². The van der Waals surface area contributed by atoms with Crippen LogP contribution in [-0.4, -0.2) is 46.1 Å². The molecule has 0 amide bonds. The fourth-order valence-corrected chi connectivity index (χ4v) is 4.30. The first kappa shape index (κ1) is 18.2. The molecule has 1 unspecified atom stereocenters. The molecule has 3 aromatic heterocycles. The fourth-order valence-electron chi connectivity index (χ4n) is 3.43. The van der Waals surface area contributed by atoms with Crippen LogP contribution in [0, 0.1) is 5.92 Å². The molecular formula is C18H20ClN5O2S. The Morgan fingerprint density at radius 2 is 2.33 bits per heavy atom. The van der Waals surface area contributed by atoms with Crippen LogP contribution in [0.1, 0.15) is 25.7 Å². The Hall–Kier alpha value is -2.19. The number of piperidine rings is 1. The van der Waals surface area contributed by atoms with Gasteiger partial charge in [0.1, 0.15) is 5.52 Å². The Labute approximate surface area is 165 Å². The van der Waals surface area contributed by atoms with E-state index in [0.29, 0.717) is 34.5 Å². The maximum absolute atomic E-state index is 11.4. The van der Waals surface area contributed by atoms with Crippen molar-refractivity contribution in [3.05, 3.63) is 22.7 Å². The summed E-state index contributed by atoms with van der Waals surface area (Å²) >= 11 is 7.94. The topological polar surface area (TPSA) is 84.0 Å². The molecule has 4 heterocycles. The van der Waals surface area contributed by atoms with Gasteiger partial charge in [-0.05, 0) is 36.6 Å². The molecule has 0 radical (unpaired) electrons. The van der Waals surface area contributed by atoms with Gasteiger partial charge in [-0.3, -0.25) is 4.79 Å². The van der Waals surface area contributed by atoms with Gasteiger partial charge in [-0.25, -0.2) is 9.97 Å². The van der Waals surface area contributed by atoms with E-state index >= 15 is 0 Å². The summed E-state index contributed by atoms with van der Waals surface area (Å²) in [6.45, 7) is 1.76. The van der Waals surface area contributed by atoms with Gasteiger partial charge in [0.2, 0.25) is 5.95 Å². The first-order valence-corrected chi connectivity index (χ1v) is 10.2. The highest BCUT2D eigenvalue weighted by molar-refractivity contribution is 7.13. The minimum atomic E-state index is -0.154. The van der Waals surface area contributed by atoms with Crippen molar-refractivity contribution in [2.75, 3.05) is 25.1 Å². The van der Waals surface area contributed by atoms with Crippen molar-refractivity contribution in [1.29, 1.82) is 0 Å². The number of nitrogens with one attached hydrogen (secondary N) is 1. The van der Waals surface area contributed by atoms with E-state index in [2.05, 4.69) is 24.8 Å². The number of nitrogens with zero attached hydrogens (tertiary/aromatic N) is 4. The highest BCUT2D eigenvalue weighted by Crippen LogP contribution is 2.30. The summed E-state index contributed by atoms with van der Waals surface area (Å²) < 4.78 is 4.75. The molecule has 1 fully saturated rings. The number of thiophene rings is 1. The van der Waals surface area contributed by atoms with E-state index in [-0.39, 0.29) is 5.97 Å². The summed E-state index contributed by atoms with van der Waals surface area (Å²) in [5.41, 5.74) is 1.23. The SMILES string of the molecule is COC(=O)CCC1CCCN(c2nc3nc(-c4cccs4)nc(Cl)c3[nH]2)C1. The summed E-state index contributed by atoms with van der Waals surface area (Å²) in [7, 11) is 1.43. The smallest absolute Gasteiger partial charge is 0.305 e. The number of aromatic nitrogens is 4. The number of esters is 1. The summed E-state index contributed by atoms with van der Waals surface area (Å²) in [6, 6.07) is 3.92. The van der Waals surface area contributed by atoms with Crippen LogP contribution in [0.3, 0.4) is 0 Å². The quantitative estimate of drug-likeness (QED) is 0.511. The number of aromatic amines is 1. The van der Waals surface area contributed by atoms with Gasteiger partial charge < -0.3 is 14.6 Å². The maximum Gasteiger partial charge on any atom is 0.305 e. The first-order valence-electron chi connectivity index (χ1n) is 8.93. The number of carbonyl (C=O) groups is 1. The second kappa shape index (κ2) is 7.82. The zero-order valence-corrected chi connectivity index (χ0v) is 16.5. The monoisotopic (exact) mass is 405 g/mol. The summed E-state index contributed by atoms with van der Waals surface area (Å²) in [6.07, 6.45) is 3.45. The van der Waals surface area contributed by atoms with Crippen LogP contribution in [0.25, 0.3) is 21.9 Å². The van der Waals surface area contributed by atoms with E-state index < -0.39 is 0 Å². The van der Waals surface area contributed by atoms with Crippen LogP contribution in [0.4, 0.5) is 5.95 Å². The van der Waals surface area contributed by atoms with E-state index in [1.165, 1.54) is 7.11 Å². The average Bonchev–Trinajstić information content (AvgIpc) is 3.36. The number of hydrogen-bond acceptors (Lipinski definition) is 7. The standard InChI is InChI=1S/C18H20ClN5O2S/c1-26-13(25)7-6-11-4-2-8-24(10-11)18-20-14-15(19)21-16(22-17(14)23-18)12-5-3-9-27-12/h3,5,9,11H,2,4,6-8,10H2,1H3,(H,20,21,22,23). The number of rotatable bonds is 5. The molecule has 1 aliphatic rings. The zero-order valence-electron chi connectivity index (χ0n) is 14.9. The predicted molar refractivity (Wildman–Crippen MR) is 106 cm³/mol. The number of hydrogen-bond donors (Lipinski definition) is 1. The maximum atomic E-state index is 11.4. The predicted octanol–water partition coefficient (Wildman–Crippen LogP) is 3.90. The van der Waals surface area contributed by atoms with Gasteiger partial charge in [-0.1, -0.05) is 17.7 Å². The van der Waals surface area contributed by atoms with Crippen molar-refractivity contribution in [2.24, 2.45) is 5.92 Å². The van der Waals surface area contributed by atoms with Crippen LogP contribution >= 0.6 is 22.9 Å². The molecule has 0 saturated carbocycles. The van der Waals surface area contributed by atoms with Gasteiger partial charge in [0, 0.05) is 19.5 Å². The second-order valence-electron chi connectivity index (χ2n) is 6.64. The van der Waals surface area contributed by atoms with Crippen molar-refractivity contribution >= 4 is 46.0 Å². The fraction of sp³-hybridized carbons (Fsp3) is 0.444. The second-order valence-corrected chi connectivity index (χ2v) is 7.95. The number of H-pyrrole nitrogens is 1. The Morgan fingerprint density at radius 1 is 1.44 bits per heavy atom. The molecule has 9 heteroatoms. The van der Waals surface area contributed by atoms with Gasteiger partial charge in [0.25, 0.3) is 0 Å². The van der Waals surface area contributed by atoms with Gasteiger partial charge in [0.05, 0.1) is 12.0 Å². The molecule has 0 bridgehead atoms. The summed E-state index contributed by atoms with van der Waals surface area (Å²) in [5.74, 6) is 1.63. The van der Waals surface area contributed by atoms with Gasteiger partial charge in [0.15, 0.2) is 16.6 Å². The lowest BCUT2D eigenvalue weighted by molar-refractivity contribution is -0.140. The molecule has 1 saturated heterocycles. The van der Waals surface area contributed by atoms with Crippen molar-refractivity contribution in [3.8, 4) is 10.7 Å². The lowest BCUT2D eigenvalue weighted by Gasteiger charge is -2.32. The molecule has 1 atom stereocenters. The average molecular weight is 406 g/mol. The van der Waals surface area contributed by atoms with E-state index in [9.17, 15) is 4.79 Å². The van der Waals surface area contributed by atoms with E-state index in [0.717, 1.165) is 43.2 Å². The molecule has 3 aromatic rings. The number of ether oxygens (including phenoxy) is 1. The third-order valence-corrected chi connectivity index (χ3v) is 5.98. The molecule has 142 valence electrons. The highest BCUT2D eigenvalue weighted by atomic mass is 35.5. The van der Waals surface area contributed by atoms with Gasteiger partial charge >= 0.3 is 5.97 Å². The van der Waals surface area contributed by atoms with E-state index in [4.69, 9.17) is 16.3 Å². The van der Waals surface area contributed by atoms with Gasteiger partial charge in [-0.15, -0.1) is 11.3 Å². The lowest BCUT2D eigenvalue weighted by atomic mass is 9.93. The number of anilines is 1. The Balaban J connectivity index is 1.55. The normalized spacial score (nSPS) is 17.4. The van der Waals surface area contributed by atoms with Crippen molar-refractivity contribution < 1.29 is 9.53 Å². The molecule has 27 heavy (non-hydrogen) atoms. The molecule has 1 aliphatic heterocycles. The third-order valence-electron chi connectivity index (χ3n) is 4.84. The number of carbonyl (C=O) groups excluding carboxylic acids is 1.